The molecule has 1 aromatic carbocycles. The topological polar surface area (TPSA) is 54.9 Å². The van der Waals surface area contributed by atoms with E-state index in [0.29, 0.717) is 19.0 Å². The molecule has 5 nitrogen and oxygen atoms in total. The van der Waals surface area contributed by atoms with Crippen LogP contribution in [0.25, 0.3) is 0 Å². The second kappa shape index (κ2) is 9.86. The van der Waals surface area contributed by atoms with Crippen LogP contribution in [-0.4, -0.2) is 38.8 Å². The minimum absolute atomic E-state index is 0.0426. The van der Waals surface area contributed by atoms with Gasteiger partial charge in [0.2, 0.25) is 0 Å². The summed E-state index contributed by atoms with van der Waals surface area (Å²) in [6.07, 6.45) is 6.92. The molecule has 1 aromatic rings. The number of aliphatic imine (C=N–C) groups is 1. The number of hydrogen-bond acceptors (Lipinski definition) is 3. The summed E-state index contributed by atoms with van der Waals surface area (Å²) in [5, 5.41) is 6.61. The monoisotopic (exact) mass is 353 g/mol. The molecule has 1 aliphatic rings. The highest BCUT2D eigenvalue weighted by Crippen LogP contribution is 2.29. The molecule has 0 saturated heterocycles. The number of alkyl halides is 2. The number of nitrogens with zero attached hydrogens (tertiary/aromatic N) is 1. The summed E-state index contributed by atoms with van der Waals surface area (Å²) < 4.78 is 34.5. The molecule has 0 aliphatic heterocycles. The maximum absolute atomic E-state index is 12.5. The predicted molar refractivity (Wildman–Crippen MR) is 94.6 cm³/mol. The van der Waals surface area contributed by atoms with E-state index in [4.69, 9.17) is 4.74 Å². The Morgan fingerprint density at radius 1 is 1.28 bits per heavy atom. The Hall–Kier alpha value is -2.31. The van der Waals surface area contributed by atoms with Crippen LogP contribution in [0.5, 0.6) is 11.5 Å². The fourth-order valence-corrected chi connectivity index (χ4v) is 2.61. The lowest BCUT2D eigenvalue weighted by Crippen LogP contribution is -2.42. The summed E-state index contributed by atoms with van der Waals surface area (Å²) in [6.45, 7) is 0.449. The van der Waals surface area contributed by atoms with Gasteiger partial charge in [0.05, 0.1) is 7.11 Å². The van der Waals surface area contributed by atoms with E-state index in [1.807, 2.05) is 13.0 Å². The molecule has 2 rings (SSSR count). The molecule has 0 amide bonds. The van der Waals surface area contributed by atoms with Gasteiger partial charge in [-0.2, -0.15) is 8.78 Å². The number of hydrogen-bond donors (Lipinski definition) is 2. The van der Waals surface area contributed by atoms with Gasteiger partial charge in [-0.05, 0) is 43.9 Å². The van der Waals surface area contributed by atoms with Crippen molar-refractivity contribution in [3.8, 4) is 11.5 Å². The van der Waals surface area contributed by atoms with Crippen LogP contribution >= 0.6 is 0 Å². The third-order valence-corrected chi connectivity index (χ3v) is 3.81. The van der Waals surface area contributed by atoms with Gasteiger partial charge in [-0.25, -0.2) is 0 Å². The highest BCUT2D eigenvalue weighted by molar-refractivity contribution is 5.80. The number of guanidine groups is 1. The zero-order chi connectivity index (χ0) is 18.1. The quantitative estimate of drug-likeness (QED) is 0.428. The van der Waals surface area contributed by atoms with Crippen molar-refractivity contribution in [2.75, 3.05) is 20.2 Å². The van der Waals surface area contributed by atoms with E-state index in [9.17, 15) is 8.78 Å². The van der Waals surface area contributed by atoms with Crippen molar-refractivity contribution in [2.24, 2.45) is 4.99 Å². The molecule has 1 aliphatic carbocycles. The fourth-order valence-electron chi connectivity index (χ4n) is 2.61. The Balaban J connectivity index is 1.95. The third kappa shape index (κ3) is 6.25. The zero-order valence-corrected chi connectivity index (χ0v) is 14.6. The molecule has 25 heavy (non-hydrogen) atoms. The number of rotatable bonds is 8. The number of benzene rings is 1. The predicted octanol–water partition coefficient (Wildman–Crippen LogP) is 3.11. The standard InChI is InChI=1S/C18H25F2N3O2/c1-3-21-18(23-14-6-4-5-7-14)22-11-10-13-8-9-15(24-2)16(12-13)25-17(19)20/h4-5,8-9,12,14,17H,3,6-7,10-11H2,1-2H3,(H2,21,22,23). The van der Waals surface area contributed by atoms with E-state index in [1.165, 1.54) is 7.11 Å². The smallest absolute Gasteiger partial charge is 0.387 e. The van der Waals surface area contributed by atoms with Crippen LogP contribution in [0.3, 0.4) is 0 Å². The Labute approximate surface area is 147 Å². The van der Waals surface area contributed by atoms with Crippen molar-refractivity contribution >= 4 is 5.96 Å². The van der Waals surface area contributed by atoms with E-state index < -0.39 is 6.61 Å². The largest absolute Gasteiger partial charge is 0.493 e. The minimum Gasteiger partial charge on any atom is -0.493 e. The lowest BCUT2D eigenvalue weighted by Gasteiger charge is -2.16. The van der Waals surface area contributed by atoms with Gasteiger partial charge in [0.1, 0.15) is 0 Å². The van der Waals surface area contributed by atoms with Crippen molar-refractivity contribution in [1.29, 1.82) is 0 Å². The molecule has 7 heteroatoms. The SMILES string of the molecule is CCNC(=NCCc1ccc(OC)c(OC(F)F)c1)NC1CC=CC1. The highest BCUT2D eigenvalue weighted by atomic mass is 19.3. The Bertz CT molecular complexity index is 598. The number of ether oxygens (including phenoxy) is 2. The molecule has 0 unspecified atom stereocenters. The fraction of sp³-hybridized carbons (Fsp3) is 0.500. The minimum atomic E-state index is -2.88. The van der Waals surface area contributed by atoms with Crippen molar-refractivity contribution in [1.82, 2.24) is 10.6 Å². The van der Waals surface area contributed by atoms with Gasteiger partial charge in [-0.3, -0.25) is 4.99 Å². The first-order chi connectivity index (χ1) is 12.1. The van der Waals surface area contributed by atoms with Crippen LogP contribution in [0.15, 0.2) is 35.3 Å². The van der Waals surface area contributed by atoms with Crippen molar-refractivity contribution < 1.29 is 18.3 Å². The highest BCUT2D eigenvalue weighted by Gasteiger charge is 2.12. The first-order valence-electron chi connectivity index (χ1n) is 8.44. The van der Waals surface area contributed by atoms with Gasteiger partial charge in [0.25, 0.3) is 0 Å². The van der Waals surface area contributed by atoms with Crippen LogP contribution < -0.4 is 20.1 Å². The second-order valence-electron chi connectivity index (χ2n) is 5.66. The van der Waals surface area contributed by atoms with Crippen LogP contribution in [0.4, 0.5) is 8.78 Å². The lowest BCUT2D eigenvalue weighted by atomic mass is 10.1. The van der Waals surface area contributed by atoms with E-state index in [2.05, 4.69) is 32.5 Å². The van der Waals surface area contributed by atoms with E-state index in [0.717, 1.165) is 30.9 Å². The summed E-state index contributed by atoms with van der Waals surface area (Å²) in [5.41, 5.74) is 0.860. The van der Waals surface area contributed by atoms with Gasteiger partial charge < -0.3 is 20.1 Å². The van der Waals surface area contributed by atoms with Crippen LogP contribution in [0.2, 0.25) is 0 Å². The average Bonchev–Trinajstić information content (AvgIpc) is 3.08. The molecule has 138 valence electrons. The molecular formula is C18H25F2N3O2. The molecule has 2 N–H and O–H groups in total. The zero-order valence-electron chi connectivity index (χ0n) is 14.6. The Morgan fingerprint density at radius 3 is 2.68 bits per heavy atom. The van der Waals surface area contributed by atoms with Gasteiger partial charge >= 0.3 is 6.61 Å². The number of halogens is 2. The summed E-state index contributed by atoms with van der Waals surface area (Å²) >= 11 is 0. The summed E-state index contributed by atoms with van der Waals surface area (Å²) in [7, 11) is 1.42. The molecule has 0 atom stereocenters. The van der Waals surface area contributed by atoms with Crippen LogP contribution in [-0.2, 0) is 6.42 Å². The van der Waals surface area contributed by atoms with Gasteiger partial charge in [-0.1, -0.05) is 18.2 Å². The van der Waals surface area contributed by atoms with E-state index >= 15 is 0 Å². The first-order valence-corrected chi connectivity index (χ1v) is 8.44. The molecule has 0 heterocycles. The second-order valence-corrected chi connectivity index (χ2v) is 5.66. The van der Waals surface area contributed by atoms with Crippen LogP contribution in [0.1, 0.15) is 25.3 Å². The number of nitrogens with one attached hydrogen (secondary N) is 2. The van der Waals surface area contributed by atoms with Gasteiger partial charge in [0.15, 0.2) is 17.5 Å². The third-order valence-electron chi connectivity index (χ3n) is 3.81. The van der Waals surface area contributed by atoms with E-state index in [1.54, 1.807) is 12.1 Å². The van der Waals surface area contributed by atoms with E-state index in [-0.39, 0.29) is 11.5 Å². The average molecular weight is 353 g/mol. The molecular weight excluding hydrogens is 328 g/mol. The lowest BCUT2D eigenvalue weighted by molar-refractivity contribution is -0.0512. The molecule has 0 spiro atoms. The maximum Gasteiger partial charge on any atom is 0.387 e. The molecule has 0 radical (unpaired) electrons. The molecule has 0 saturated carbocycles. The maximum atomic E-state index is 12.5. The van der Waals surface area contributed by atoms with Gasteiger partial charge in [-0.15, -0.1) is 0 Å². The molecule has 0 aromatic heterocycles. The number of methoxy groups -OCH3 is 1. The van der Waals surface area contributed by atoms with Crippen molar-refractivity contribution in [2.45, 2.75) is 38.8 Å². The summed E-state index contributed by atoms with van der Waals surface area (Å²) in [4.78, 5) is 4.55. The van der Waals surface area contributed by atoms with Gasteiger partial charge in [0, 0.05) is 19.1 Å². The Morgan fingerprint density at radius 2 is 2.04 bits per heavy atom. The van der Waals surface area contributed by atoms with Crippen molar-refractivity contribution in [3.63, 3.8) is 0 Å². The Kier molecular flexibility index (Phi) is 7.50. The summed E-state index contributed by atoms with van der Waals surface area (Å²) in [6, 6.07) is 5.41. The normalized spacial score (nSPS) is 14.8. The van der Waals surface area contributed by atoms with Crippen LogP contribution in [0, 0.1) is 0 Å². The first kappa shape index (κ1) is 19.0. The summed E-state index contributed by atoms with van der Waals surface area (Å²) in [5.74, 6) is 1.10. The molecule has 0 bridgehead atoms. The van der Waals surface area contributed by atoms with Crippen molar-refractivity contribution in [3.05, 3.63) is 35.9 Å². The molecule has 0 fully saturated rings.